The van der Waals surface area contributed by atoms with Crippen molar-refractivity contribution in [3.8, 4) is 0 Å². The average molecular weight is 288 g/mol. The third-order valence-electron chi connectivity index (χ3n) is 4.71. The molecule has 0 unspecified atom stereocenters. The fraction of sp³-hybridized carbons (Fsp3) is 0.684. The van der Waals surface area contributed by atoms with E-state index >= 15 is 0 Å². The molecule has 0 aliphatic heterocycles. The standard InChI is InChI=1S/C19H32N2/c1-4-17-9-8-10-18(15-17)16-21(14-13-20(2)3)19-11-6-5-7-12-19/h8-10,15,19H,4-7,11-14,16H2,1-3H3. The van der Waals surface area contributed by atoms with Crippen molar-refractivity contribution in [2.24, 2.45) is 0 Å². The molecule has 0 aromatic heterocycles. The van der Waals surface area contributed by atoms with Crippen LogP contribution >= 0.6 is 0 Å². The zero-order valence-electron chi connectivity index (χ0n) is 14.1. The van der Waals surface area contributed by atoms with Gasteiger partial charge in [-0.2, -0.15) is 0 Å². The van der Waals surface area contributed by atoms with Gasteiger partial charge in [0.25, 0.3) is 0 Å². The van der Waals surface area contributed by atoms with Gasteiger partial charge in [-0.05, 0) is 44.5 Å². The summed E-state index contributed by atoms with van der Waals surface area (Å²) >= 11 is 0. The Labute approximate surface area is 131 Å². The smallest absolute Gasteiger partial charge is 0.0237 e. The summed E-state index contributed by atoms with van der Waals surface area (Å²) in [6.45, 7) is 5.70. The van der Waals surface area contributed by atoms with Crippen molar-refractivity contribution in [3.05, 3.63) is 35.4 Å². The lowest BCUT2D eigenvalue weighted by Crippen LogP contribution is -2.40. The highest BCUT2D eigenvalue weighted by molar-refractivity contribution is 5.23. The minimum absolute atomic E-state index is 0.795. The van der Waals surface area contributed by atoms with E-state index in [2.05, 4.69) is 55.1 Å². The minimum atomic E-state index is 0.795. The van der Waals surface area contributed by atoms with Gasteiger partial charge in [-0.3, -0.25) is 4.90 Å². The highest BCUT2D eigenvalue weighted by atomic mass is 15.2. The largest absolute Gasteiger partial charge is 0.308 e. The monoisotopic (exact) mass is 288 g/mol. The van der Waals surface area contributed by atoms with E-state index in [-0.39, 0.29) is 0 Å². The number of nitrogens with zero attached hydrogens (tertiary/aromatic N) is 2. The zero-order valence-corrected chi connectivity index (χ0v) is 14.1. The molecule has 118 valence electrons. The second-order valence-corrected chi connectivity index (χ2v) is 6.74. The molecule has 2 nitrogen and oxygen atoms in total. The van der Waals surface area contributed by atoms with Crippen LogP contribution in [0.4, 0.5) is 0 Å². The Kier molecular flexibility index (Phi) is 6.72. The molecule has 0 saturated heterocycles. The molecule has 0 heterocycles. The average Bonchev–Trinajstić information content (AvgIpc) is 2.52. The van der Waals surface area contributed by atoms with E-state index in [9.17, 15) is 0 Å². The Bertz CT molecular complexity index is 408. The molecule has 2 rings (SSSR count). The number of rotatable bonds is 7. The van der Waals surface area contributed by atoms with Crippen molar-refractivity contribution in [3.63, 3.8) is 0 Å². The highest BCUT2D eigenvalue weighted by Gasteiger charge is 2.21. The van der Waals surface area contributed by atoms with Crippen LogP contribution in [-0.2, 0) is 13.0 Å². The van der Waals surface area contributed by atoms with Crippen LogP contribution in [0.2, 0.25) is 0 Å². The van der Waals surface area contributed by atoms with E-state index < -0.39 is 0 Å². The third-order valence-corrected chi connectivity index (χ3v) is 4.71. The number of hydrogen-bond donors (Lipinski definition) is 0. The second kappa shape index (κ2) is 8.55. The van der Waals surface area contributed by atoms with Gasteiger partial charge in [0.15, 0.2) is 0 Å². The van der Waals surface area contributed by atoms with Gasteiger partial charge in [-0.15, -0.1) is 0 Å². The van der Waals surface area contributed by atoms with Gasteiger partial charge in [0, 0.05) is 25.7 Å². The third kappa shape index (κ3) is 5.44. The summed E-state index contributed by atoms with van der Waals surface area (Å²) in [7, 11) is 4.35. The maximum Gasteiger partial charge on any atom is 0.0237 e. The molecule has 0 amide bonds. The molecule has 0 N–H and O–H groups in total. The quantitative estimate of drug-likeness (QED) is 0.749. The molecule has 21 heavy (non-hydrogen) atoms. The van der Waals surface area contributed by atoms with Crippen molar-refractivity contribution >= 4 is 0 Å². The van der Waals surface area contributed by atoms with Gasteiger partial charge in [0.1, 0.15) is 0 Å². The van der Waals surface area contributed by atoms with E-state index in [0.29, 0.717) is 0 Å². The maximum atomic E-state index is 2.73. The molecule has 1 aromatic carbocycles. The van der Waals surface area contributed by atoms with Gasteiger partial charge in [-0.25, -0.2) is 0 Å². The SMILES string of the molecule is CCc1cccc(CN(CCN(C)C)C2CCCCC2)c1. The van der Waals surface area contributed by atoms with Crippen molar-refractivity contribution in [1.82, 2.24) is 9.80 Å². The fourth-order valence-corrected chi connectivity index (χ4v) is 3.35. The van der Waals surface area contributed by atoms with Gasteiger partial charge in [0.05, 0.1) is 0 Å². The highest BCUT2D eigenvalue weighted by Crippen LogP contribution is 2.24. The first-order chi connectivity index (χ1) is 10.2. The molecule has 1 aliphatic rings. The Balaban J connectivity index is 2.02. The van der Waals surface area contributed by atoms with E-state index in [1.165, 1.54) is 49.8 Å². The predicted molar refractivity (Wildman–Crippen MR) is 91.7 cm³/mol. The number of aryl methyl sites for hydroxylation is 1. The van der Waals surface area contributed by atoms with Crippen LogP contribution in [0.25, 0.3) is 0 Å². The lowest BCUT2D eigenvalue weighted by molar-refractivity contribution is 0.136. The maximum absolute atomic E-state index is 2.73. The van der Waals surface area contributed by atoms with Crippen molar-refractivity contribution < 1.29 is 0 Å². The van der Waals surface area contributed by atoms with Gasteiger partial charge >= 0.3 is 0 Å². The van der Waals surface area contributed by atoms with Gasteiger partial charge in [-0.1, -0.05) is 50.5 Å². The van der Waals surface area contributed by atoms with E-state index in [0.717, 1.165) is 25.6 Å². The molecular weight excluding hydrogens is 256 g/mol. The lowest BCUT2D eigenvalue weighted by atomic mass is 9.93. The van der Waals surface area contributed by atoms with Crippen LogP contribution in [0.3, 0.4) is 0 Å². The summed E-state index contributed by atoms with van der Waals surface area (Å²) in [5.74, 6) is 0. The Hall–Kier alpha value is -0.860. The molecule has 1 aliphatic carbocycles. The summed E-state index contributed by atoms with van der Waals surface area (Å²) in [5.41, 5.74) is 2.95. The fourth-order valence-electron chi connectivity index (χ4n) is 3.35. The number of benzene rings is 1. The zero-order chi connectivity index (χ0) is 15.1. The molecule has 2 heteroatoms. The first kappa shape index (κ1) is 16.5. The number of likely N-dealkylation sites (N-methyl/N-ethyl adjacent to an activating group) is 1. The Morgan fingerprint density at radius 1 is 1.00 bits per heavy atom. The van der Waals surface area contributed by atoms with Crippen molar-refractivity contribution in [1.29, 1.82) is 0 Å². The molecule has 1 fully saturated rings. The molecule has 1 saturated carbocycles. The van der Waals surface area contributed by atoms with E-state index in [4.69, 9.17) is 0 Å². The first-order valence-electron chi connectivity index (χ1n) is 8.65. The van der Waals surface area contributed by atoms with Gasteiger partial charge in [0.2, 0.25) is 0 Å². The topological polar surface area (TPSA) is 6.48 Å². The summed E-state index contributed by atoms with van der Waals surface area (Å²) in [6.07, 6.45) is 8.18. The van der Waals surface area contributed by atoms with Crippen molar-refractivity contribution in [2.45, 2.75) is 58.0 Å². The van der Waals surface area contributed by atoms with Crippen LogP contribution in [-0.4, -0.2) is 43.0 Å². The summed E-state index contributed by atoms with van der Waals surface area (Å²) in [4.78, 5) is 5.03. The second-order valence-electron chi connectivity index (χ2n) is 6.74. The summed E-state index contributed by atoms with van der Waals surface area (Å²) in [6, 6.07) is 9.95. The molecule has 0 spiro atoms. The summed E-state index contributed by atoms with van der Waals surface area (Å²) in [5, 5.41) is 0. The van der Waals surface area contributed by atoms with Gasteiger partial charge < -0.3 is 4.90 Å². The molecule has 0 bridgehead atoms. The minimum Gasteiger partial charge on any atom is -0.308 e. The molecule has 0 radical (unpaired) electrons. The molecular formula is C19H32N2. The van der Waals surface area contributed by atoms with E-state index in [1.54, 1.807) is 0 Å². The van der Waals surface area contributed by atoms with Crippen molar-refractivity contribution in [2.75, 3.05) is 27.2 Å². The number of hydrogen-bond acceptors (Lipinski definition) is 2. The first-order valence-corrected chi connectivity index (χ1v) is 8.65. The van der Waals surface area contributed by atoms with Crippen LogP contribution in [0, 0.1) is 0 Å². The van der Waals surface area contributed by atoms with E-state index in [1.807, 2.05) is 0 Å². The van der Waals surface area contributed by atoms with Crippen LogP contribution < -0.4 is 0 Å². The lowest BCUT2D eigenvalue weighted by Gasteiger charge is -2.35. The normalized spacial score (nSPS) is 16.8. The Morgan fingerprint density at radius 3 is 2.38 bits per heavy atom. The summed E-state index contributed by atoms with van der Waals surface area (Å²) < 4.78 is 0. The molecule has 1 aromatic rings. The Morgan fingerprint density at radius 2 is 1.71 bits per heavy atom. The van der Waals surface area contributed by atoms with Crippen LogP contribution in [0.15, 0.2) is 24.3 Å². The molecule has 0 atom stereocenters. The van der Waals surface area contributed by atoms with Crippen LogP contribution in [0.1, 0.15) is 50.2 Å². The van der Waals surface area contributed by atoms with Crippen LogP contribution in [0.5, 0.6) is 0 Å². The predicted octanol–water partition coefficient (Wildman–Crippen LogP) is 3.95.